The first-order valence-corrected chi connectivity index (χ1v) is 9.87. The van der Waals surface area contributed by atoms with Crippen LogP contribution in [0.3, 0.4) is 0 Å². The second-order valence-corrected chi connectivity index (χ2v) is 8.77. The van der Waals surface area contributed by atoms with Crippen LogP contribution < -0.4 is 5.32 Å². The third kappa shape index (κ3) is 3.65. The van der Waals surface area contributed by atoms with Gasteiger partial charge in [-0.2, -0.15) is 5.10 Å². The summed E-state index contributed by atoms with van der Waals surface area (Å²) in [7, 11) is -2.96. The number of aryl methyl sites for hydroxylation is 1. The van der Waals surface area contributed by atoms with E-state index < -0.39 is 9.84 Å². The number of aromatic nitrogens is 2. The van der Waals surface area contributed by atoms with E-state index in [1.807, 2.05) is 13.0 Å². The van der Waals surface area contributed by atoms with Crippen molar-refractivity contribution in [3.8, 4) is 0 Å². The number of rotatable bonds is 4. The molecule has 0 spiro atoms. The van der Waals surface area contributed by atoms with Crippen LogP contribution in [-0.2, 0) is 16.4 Å². The van der Waals surface area contributed by atoms with Crippen LogP contribution in [0.25, 0.3) is 0 Å². The smallest absolute Gasteiger partial charge is 0.152 e. The zero-order valence-corrected chi connectivity index (χ0v) is 14.9. The zero-order valence-electron chi connectivity index (χ0n) is 12.6. The van der Waals surface area contributed by atoms with Crippen molar-refractivity contribution in [2.75, 3.05) is 16.8 Å². The SMILES string of the molecule is Cc1cc(NCc2c(Cl)cccc2Cl)n(C2CCS(=O)(=O)C2)n1. The fourth-order valence-electron chi connectivity index (χ4n) is 2.78. The maximum absolute atomic E-state index is 11.7. The molecule has 1 aliphatic rings. The van der Waals surface area contributed by atoms with Gasteiger partial charge in [0.25, 0.3) is 0 Å². The number of hydrogen-bond donors (Lipinski definition) is 1. The van der Waals surface area contributed by atoms with Crippen LogP contribution in [0.1, 0.15) is 23.7 Å². The van der Waals surface area contributed by atoms with E-state index in [0.717, 1.165) is 17.1 Å². The van der Waals surface area contributed by atoms with Crippen molar-refractivity contribution >= 4 is 38.9 Å². The minimum Gasteiger partial charge on any atom is -0.366 e. The number of hydrogen-bond acceptors (Lipinski definition) is 4. The highest BCUT2D eigenvalue weighted by Crippen LogP contribution is 2.29. The van der Waals surface area contributed by atoms with Crippen molar-refractivity contribution < 1.29 is 8.42 Å². The van der Waals surface area contributed by atoms with Crippen molar-refractivity contribution in [1.29, 1.82) is 0 Å². The molecule has 0 radical (unpaired) electrons. The second kappa shape index (κ2) is 6.34. The van der Waals surface area contributed by atoms with Gasteiger partial charge in [0.2, 0.25) is 0 Å². The molecule has 0 bridgehead atoms. The number of sulfone groups is 1. The summed E-state index contributed by atoms with van der Waals surface area (Å²) in [5.74, 6) is 1.13. The molecule has 3 rings (SSSR count). The Morgan fingerprint density at radius 1 is 1.35 bits per heavy atom. The summed E-state index contributed by atoms with van der Waals surface area (Å²) in [6.07, 6.45) is 0.588. The Labute approximate surface area is 145 Å². The lowest BCUT2D eigenvalue weighted by atomic mass is 10.2. The first kappa shape index (κ1) is 16.6. The molecule has 1 unspecified atom stereocenters. The molecule has 1 atom stereocenters. The summed E-state index contributed by atoms with van der Waals surface area (Å²) >= 11 is 12.4. The molecule has 1 aromatic carbocycles. The molecular weight excluding hydrogens is 357 g/mol. The fourth-order valence-corrected chi connectivity index (χ4v) is 5.00. The summed E-state index contributed by atoms with van der Waals surface area (Å²) in [6.45, 7) is 2.33. The first-order valence-electron chi connectivity index (χ1n) is 7.29. The van der Waals surface area contributed by atoms with Gasteiger partial charge in [0.15, 0.2) is 9.84 Å². The van der Waals surface area contributed by atoms with Crippen LogP contribution in [0, 0.1) is 6.92 Å². The Hall–Kier alpha value is -1.24. The van der Waals surface area contributed by atoms with Gasteiger partial charge < -0.3 is 5.32 Å². The molecule has 0 aliphatic carbocycles. The Kier molecular flexibility index (Phi) is 4.58. The van der Waals surface area contributed by atoms with Crippen molar-refractivity contribution in [1.82, 2.24) is 9.78 Å². The Morgan fingerprint density at radius 2 is 2.04 bits per heavy atom. The highest BCUT2D eigenvalue weighted by atomic mass is 35.5. The quantitative estimate of drug-likeness (QED) is 0.890. The topological polar surface area (TPSA) is 64.0 Å². The molecule has 23 heavy (non-hydrogen) atoms. The van der Waals surface area contributed by atoms with Crippen LogP contribution in [0.4, 0.5) is 5.82 Å². The maximum Gasteiger partial charge on any atom is 0.152 e. The lowest BCUT2D eigenvalue weighted by Gasteiger charge is -2.15. The Morgan fingerprint density at radius 3 is 2.65 bits per heavy atom. The van der Waals surface area contributed by atoms with E-state index >= 15 is 0 Å². The van der Waals surface area contributed by atoms with Gasteiger partial charge in [-0.3, -0.25) is 0 Å². The van der Waals surface area contributed by atoms with E-state index in [0.29, 0.717) is 23.0 Å². The van der Waals surface area contributed by atoms with Crippen molar-refractivity contribution in [3.63, 3.8) is 0 Å². The molecule has 8 heteroatoms. The van der Waals surface area contributed by atoms with Gasteiger partial charge in [-0.15, -0.1) is 0 Å². The maximum atomic E-state index is 11.7. The molecule has 1 aromatic heterocycles. The highest BCUT2D eigenvalue weighted by Gasteiger charge is 2.31. The van der Waals surface area contributed by atoms with Crippen LogP contribution in [-0.4, -0.2) is 29.7 Å². The fraction of sp³-hybridized carbons (Fsp3) is 0.400. The number of nitrogens with one attached hydrogen (secondary N) is 1. The molecule has 2 aromatic rings. The zero-order chi connectivity index (χ0) is 16.6. The van der Waals surface area contributed by atoms with Crippen molar-refractivity contribution in [2.45, 2.75) is 25.9 Å². The van der Waals surface area contributed by atoms with Gasteiger partial charge in [-0.05, 0) is 25.5 Å². The van der Waals surface area contributed by atoms with E-state index in [9.17, 15) is 8.42 Å². The van der Waals surface area contributed by atoms with E-state index in [-0.39, 0.29) is 17.5 Å². The van der Waals surface area contributed by atoms with E-state index in [1.165, 1.54) is 0 Å². The Bertz CT molecular complexity index is 813. The molecule has 5 nitrogen and oxygen atoms in total. The van der Waals surface area contributed by atoms with E-state index in [4.69, 9.17) is 23.2 Å². The van der Waals surface area contributed by atoms with Gasteiger partial charge in [0.1, 0.15) is 5.82 Å². The number of nitrogens with zero attached hydrogens (tertiary/aromatic N) is 2. The van der Waals surface area contributed by atoms with Crippen LogP contribution in [0.15, 0.2) is 24.3 Å². The lowest BCUT2D eigenvalue weighted by molar-refractivity contribution is 0.501. The number of benzene rings is 1. The predicted octanol–water partition coefficient (Wildman–Crippen LogP) is 3.47. The summed E-state index contributed by atoms with van der Waals surface area (Å²) in [6, 6.07) is 7.15. The normalized spacial score (nSPS) is 19.9. The van der Waals surface area contributed by atoms with E-state index in [1.54, 1.807) is 22.9 Å². The average Bonchev–Trinajstić information content (AvgIpc) is 3.01. The number of anilines is 1. The Balaban J connectivity index is 1.81. The van der Waals surface area contributed by atoms with Crippen molar-refractivity contribution in [2.24, 2.45) is 0 Å². The molecule has 0 saturated carbocycles. The second-order valence-electron chi connectivity index (χ2n) is 5.73. The molecule has 2 heterocycles. The minimum atomic E-state index is -2.96. The molecule has 0 amide bonds. The largest absolute Gasteiger partial charge is 0.366 e. The summed E-state index contributed by atoms with van der Waals surface area (Å²) in [4.78, 5) is 0. The summed E-state index contributed by atoms with van der Waals surface area (Å²) in [5.41, 5.74) is 1.64. The summed E-state index contributed by atoms with van der Waals surface area (Å²) in [5, 5.41) is 8.90. The molecule has 1 saturated heterocycles. The first-order chi connectivity index (χ1) is 10.9. The van der Waals surface area contributed by atoms with Crippen LogP contribution in [0.5, 0.6) is 0 Å². The highest BCUT2D eigenvalue weighted by molar-refractivity contribution is 7.91. The third-order valence-corrected chi connectivity index (χ3v) is 6.38. The molecule has 1 fully saturated rings. The van der Waals surface area contributed by atoms with Crippen LogP contribution in [0.2, 0.25) is 10.0 Å². The molecule has 1 aliphatic heterocycles. The molecular formula is C15H17Cl2N3O2S. The van der Waals surface area contributed by atoms with Gasteiger partial charge in [-0.1, -0.05) is 29.3 Å². The monoisotopic (exact) mass is 373 g/mol. The minimum absolute atomic E-state index is 0.127. The third-order valence-electron chi connectivity index (χ3n) is 3.92. The summed E-state index contributed by atoms with van der Waals surface area (Å²) < 4.78 is 25.2. The standard InChI is InChI=1S/C15H17Cl2N3O2S/c1-10-7-15(18-8-12-13(16)3-2-4-14(12)17)20(19-10)11-5-6-23(21,22)9-11/h2-4,7,11,18H,5-6,8-9H2,1H3. The lowest BCUT2D eigenvalue weighted by Crippen LogP contribution is -2.16. The predicted molar refractivity (Wildman–Crippen MR) is 93.1 cm³/mol. The van der Waals surface area contributed by atoms with Crippen LogP contribution >= 0.6 is 23.2 Å². The van der Waals surface area contributed by atoms with Gasteiger partial charge in [0.05, 0.1) is 23.2 Å². The van der Waals surface area contributed by atoms with E-state index in [2.05, 4.69) is 10.4 Å². The van der Waals surface area contributed by atoms with Gasteiger partial charge in [0, 0.05) is 28.2 Å². The molecule has 124 valence electrons. The molecule has 1 N–H and O–H groups in total. The van der Waals surface area contributed by atoms with Crippen molar-refractivity contribution in [3.05, 3.63) is 45.6 Å². The van der Waals surface area contributed by atoms with Gasteiger partial charge >= 0.3 is 0 Å². The van der Waals surface area contributed by atoms with Gasteiger partial charge in [-0.25, -0.2) is 13.1 Å². The average molecular weight is 374 g/mol. The number of halogens is 2.